The molecule has 0 fully saturated rings. The number of rotatable bonds is 4. The van der Waals surface area contributed by atoms with Crippen LogP contribution >= 0.6 is 7.82 Å². The summed E-state index contributed by atoms with van der Waals surface area (Å²) in [6, 6.07) is 0. The molecule has 0 aliphatic rings. The van der Waals surface area contributed by atoms with Crippen molar-refractivity contribution in [1.29, 1.82) is 0 Å². The third-order valence-corrected chi connectivity index (χ3v) is 1.79. The van der Waals surface area contributed by atoms with E-state index in [0.717, 1.165) is 7.11 Å². The number of hydrogen-bond acceptors (Lipinski definition) is 4. The van der Waals surface area contributed by atoms with Crippen LogP contribution in [-0.2, 0) is 18.4 Å². The van der Waals surface area contributed by atoms with E-state index in [1.807, 2.05) is 0 Å². The molecular weight excluding hydrogens is 173 g/mol. The molecule has 0 radical (unpaired) electrons. The fourth-order valence-electron chi connectivity index (χ4n) is 0.265. The summed E-state index contributed by atoms with van der Waals surface area (Å²) in [7, 11) is -1.59. The molecule has 7 heteroatoms. The Morgan fingerprint density at radius 3 is 2.64 bits per heavy atom. The molecule has 1 amide bonds. The van der Waals surface area contributed by atoms with Crippen LogP contribution in [0.15, 0.2) is 0 Å². The number of likely N-dealkylation sites (N-methyl/N-ethyl adjacent to an activating group) is 1. The van der Waals surface area contributed by atoms with Gasteiger partial charge in [0.05, 0.1) is 0 Å². The number of phosphoric ester groups is 1. The lowest BCUT2D eigenvalue weighted by molar-refractivity contribution is -0.123. The SMILES string of the molecule is CNC(=O)COP(=O)(O)OC. The number of phosphoric acid groups is 1. The average Bonchev–Trinajstić information content (AvgIpc) is 2.00. The minimum Gasteiger partial charge on any atom is -0.357 e. The second-order valence-corrected chi connectivity index (χ2v) is 3.16. The van der Waals surface area contributed by atoms with Crippen molar-refractivity contribution in [1.82, 2.24) is 5.32 Å². The molecule has 0 saturated carbocycles. The maximum Gasteiger partial charge on any atom is 0.472 e. The average molecular weight is 183 g/mol. The van der Waals surface area contributed by atoms with Crippen molar-refractivity contribution in [2.75, 3.05) is 20.8 Å². The van der Waals surface area contributed by atoms with Gasteiger partial charge in [-0.3, -0.25) is 13.8 Å². The van der Waals surface area contributed by atoms with E-state index in [1.165, 1.54) is 7.05 Å². The zero-order valence-corrected chi connectivity index (χ0v) is 7.13. The summed E-state index contributed by atoms with van der Waals surface area (Å²) in [5.41, 5.74) is 0. The van der Waals surface area contributed by atoms with Crippen molar-refractivity contribution >= 4 is 13.7 Å². The minimum atomic E-state index is -4.00. The standard InChI is InChI=1S/C4H10NO5P/c1-5-4(6)3-10-11(7,8)9-2/h3H2,1-2H3,(H,5,6)(H,7,8). The molecule has 0 aromatic rings. The normalized spacial score (nSPS) is 15.5. The predicted octanol–water partition coefficient (Wildman–Crippen LogP) is -0.504. The highest BCUT2D eigenvalue weighted by atomic mass is 31.2. The molecule has 2 N–H and O–H groups in total. The molecule has 1 unspecified atom stereocenters. The van der Waals surface area contributed by atoms with Crippen LogP contribution in [0, 0.1) is 0 Å². The van der Waals surface area contributed by atoms with Gasteiger partial charge in [-0.05, 0) is 0 Å². The van der Waals surface area contributed by atoms with Crippen LogP contribution in [0.5, 0.6) is 0 Å². The summed E-state index contributed by atoms with van der Waals surface area (Å²) < 4.78 is 18.8. The second kappa shape index (κ2) is 4.46. The van der Waals surface area contributed by atoms with Gasteiger partial charge < -0.3 is 10.2 Å². The highest BCUT2D eigenvalue weighted by Crippen LogP contribution is 2.41. The molecule has 0 saturated heterocycles. The Labute approximate surface area is 64.1 Å². The largest absolute Gasteiger partial charge is 0.472 e. The van der Waals surface area contributed by atoms with Crippen LogP contribution in [0.25, 0.3) is 0 Å². The number of hydrogen-bond donors (Lipinski definition) is 2. The van der Waals surface area contributed by atoms with Crippen LogP contribution in [0.4, 0.5) is 0 Å². The predicted molar refractivity (Wildman–Crippen MR) is 36.9 cm³/mol. The monoisotopic (exact) mass is 183 g/mol. The molecule has 0 aromatic carbocycles. The van der Waals surface area contributed by atoms with Crippen molar-refractivity contribution in [3.05, 3.63) is 0 Å². The first kappa shape index (κ1) is 10.6. The summed E-state index contributed by atoms with van der Waals surface area (Å²) in [5, 5.41) is 2.21. The van der Waals surface area contributed by atoms with Gasteiger partial charge in [0, 0.05) is 14.2 Å². The van der Waals surface area contributed by atoms with Gasteiger partial charge in [0.2, 0.25) is 5.91 Å². The summed E-state index contributed by atoms with van der Waals surface area (Å²) in [6.07, 6.45) is 0. The molecule has 0 aliphatic heterocycles. The van der Waals surface area contributed by atoms with Crippen molar-refractivity contribution in [3.8, 4) is 0 Å². The van der Waals surface area contributed by atoms with Gasteiger partial charge in [-0.1, -0.05) is 0 Å². The van der Waals surface area contributed by atoms with Gasteiger partial charge in [0.1, 0.15) is 6.61 Å². The Hall–Kier alpha value is -0.420. The van der Waals surface area contributed by atoms with E-state index < -0.39 is 20.3 Å². The highest BCUT2D eigenvalue weighted by Gasteiger charge is 2.19. The fraction of sp³-hybridized carbons (Fsp3) is 0.750. The molecule has 6 nitrogen and oxygen atoms in total. The molecule has 0 aliphatic carbocycles. The quantitative estimate of drug-likeness (QED) is 0.573. The molecule has 0 heterocycles. The van der Waals surface area contributed by atoms with Gasteiger partial charge in [0.15, 0.2) is 0 Å². The van der Waals surface area contributed by atoms with E-state index >= 15 is 0 Å². The molecule has 0 rings (SSSR count). The first-order valence-corrected chi connectivity index (χ1v) is 4.25. The van der Waals surface area contributed by atoms with E-state index in [0.29, 0.717) is 0 Å². The number of amides is 1. The van der Waals surface area contributed by atoms with Crippen LogP contribution in [0.1, 0.15) is 0 Å². The smallest absolute Gasteiger partial charge is 0.357 e. The summed E-state index contributed by atoms with van der Waals surface area (Å²) in [6.45, 7) is -0.488. The Bertz CT molecular complexity index is 181. The van der Waals surface area contributed by atoms with Crippen molar-refractivity contribution in [3.63, 3.8) is 0 Å². The molecule has 66 valence electrons. The fourth-order valence-corrected chi connectivity index (χ4v) is 0.651. The van der Waals surface area contributed by atoms with E-state index in [2.05, 4.69) is 14.4 Å². The maximum absolute atomic E-state index is 10.5. The molecule has 0 spiro atoms. The Morgan fingerprint density at radius 2 is 2.27 bits per heavy atom. The van der Waals surface area contributed by atoms with E-state index in [9.17, 15) is 9.36 Å². The third-order valence-electron chi connectivity index (χ3n) is 0.868. The third kappa shape index (κ3) is 4.92. The lowest BCUT2D eigenvalue weighted by Gasteiger charge is -2.07. The van der Waals surface area contributed by atoms with Crippen molar-refractivity contribution < 1.29 is 23.3 Å². The van der Waals surface area contributed by atoms with Crippen LogP contribution in [0.3, 0.4) is 0 Å². The molecule has 0 aromatic heterocycles. The number of nitrogens with one attached hydrogen (secondary N) is 1. The summed E-state index contributed by atoms with van der Waals surface area (Å²) >= 11 is 0. The van der Waals surface area contributed by atoms with Gasteiger partial charge >= 0.3 is 7.82 Å². The Morgan fingerprint density at radius 1 is 1.73 bits per heavy atom. The van der Waals surface area contributed by atoms with Crippen LogP contribution in [-0.4, -0.2) is 31.6 Å². The second-order valence-electron chi connectivity index (χ2n) is 1.60. The molecule has 1 atom stereocenters. The first-order chi connectivity index (χ1) is 5.02. The summed E-state index contributed by atoms with van der Waals surface area (Å²) in [5.74, 6) is -0.490. The van der Waals surface area contributed by atoms with Gasteiger partial charge in [-0.25, -0.2) is 4.57 Å². The number of carbonyl (C=O) groups excluding carboxylic acids is 1. The van der Waals surface area contributed by atoms with Gasteiger partial charge in [-0.15, -0.1) is 0 Å². The first-order valence-electron chi connectivity index (χ1n) is 2.75. The van der Waals surface area contributed by atoms with Crippen molar-refractivity contribution in [2.45, 2.75) is 0 Å². The molecule has 0 bridgehead atoms. The van der Waals surface area contributed by atoms with E-state index in [1.54, 1.807) is 0 Å². The Kier molecular flexibility index (Phi) is 4.29. The lowest BCUT2D eigenvalue weighted by atomic mass is 10.7. The highest BCUT2D eigenvalue weighted by molar-refractivity contribution is 7.47. The molecular formula is C4H10NO5P. The van der Waals surface area contributed by atoms with Crippen LogP contribution in [0.2, 0.25) is 0 Å². The van der Waals surface area contributed by atoms with E-state index in [-0.39, 0.29) is 0 Å². The van der Waals surface area contributed by atoms with Gasteiger partial charge in [-0.2, -0.15) is 0 Å². The lowest BCUT2D eigenvalue weighted by Crippen LogP contribution is -2.22. The van der Waals surface area contributed by atoms with E-state index in [4.69, 9.17) is 4.89 Å². The maximum atomic E-state index is 10.5. The van der Waals surface area contributed by atoms with Crippen molar-refractivity contribution in [2.24, 2.45) is 0 Å². The minimum absolute atomic E-state index is 0.488. The van der Waals surface area contributed by atoms with Crippen LogP contribution < -0.4 is 5.32 Å². The Balaban J connectivity index is 3.70. The number of carbonyl (C=O) groups is 1. The zero-order chi connectivity index (χ0) is 8.91. The molecule has 11 heavy (non-hydrogen) atoms. The van der Waals surface area contributed by atoms with Gasteiger partial charge in [0.25, 0.3) is 0 Å². The summed E-state index contributed by atoms with van der Waals surface area (Å²) in [4.78, 5) is 19.0. The zero-order valence-electron chi connectivity index (χ0n) is 6.23. The topological polar surface area (TPSA) is 84.9 Å².